The molecule has 0 heterocycles. The maximum atomic E-state index is 10.7. The predicted molar refractivity (Wildman–Crippen MR) is 72.1 cm³/mol. The van der Waals surface area contributed by atoms with Crippen molar-refractivity contribution in [3.8, 4) is 5.75 Å². The lowest BCUT2D eigenvalue weighted by Crippen LogP contribution is -1.97. The van der Waals surface area contributed by atoms with Gasteiger partial charge in [0.1, 0.15) is 11.3 Å². The molecule has 0 atom stereocenters. The van der Waals surface area contributed by atoms with Crippen molar-refractivity contribution in [2.24, 2.45) is 0 Å². The first-order valence-electron chi connectivity index (χ1n) is 6.70. The zero-order valence-corrected chi connectivity index (χ0v) is 11.0. The van der Waals surface area contributed by atoms with Crippen LogP contribution in [0.3, 0.4) is 0 Å². The average Bonchev–Trinajstić information content (AvgIpc) is 2.33. The Morgan fingerprint density at radius 1 is 1.11 bits per heavy atom. The van der Waals surface area contributed by atoms with Crippen LogP contribution in [0, 0.1) is 0 Å². The summed E-state index contributed by atoms with van der Waals surface area (Å²) in [5, 5.41) is 18.3. The number of unbranched alkanes of at least 4 members (excludes halogenated alkanes) is 5. The Morgan fingerprint density at radius 3 is 2.39 bits per heavy atom. The van der Waals surface area contributed by atoms with Gasteiger partial charge in [0.15, 0.2) is 0 Å². The summed E-state index contributed by atoms with van der Waals surface area (Å²) < 4.78 is 0. The van der Waals surface area contributed by atoms with Gasteiger partial charge >= 0.3 is 5.97 Å². The van der Waals surface area contributed by atoms with E-state index in [0.29, 0.717) is 0 Å². The normalized spacial score (nSPS) is 10.5. The van der Waals surface area contributed by atoms with Crippen molar-refractivity contribution in [1.82, 2.24) is 0 Å². The van der Waals surface area contributed by atoms with E-state index in [1.807, 2.05) is 0 Å². The largest absolute Gasteiger partial charge is 0.507 e. The quantitative estimate of drug-likeness (QED) is 0.686. The summed E-state index contributed by atoms with van der Waals surface area (Å²) in [6.45, 7) is 2.20. The zero-order valence-electron chi connectivity index (χ0n) is 11.0. The van der Waals surface area contributed by atoms with Crippen LogP contribution in [-0.2, 0) is 6.42 Å². The first kappa shape index (κ1) is 14.6. The number of aromatic carboxylic acids is 1. The third kappa shape index (κ3) is 4.78. The van der Waals surface area contributed by atoms with Crippen LogP contribution in [0.25, 0.3) is 0 Å². The summed E-state index contributed by atoms with van der Waals surface area (Å²) in [7, 11) is 0. The predicted octanol–water partition coefficient (Wildman–Crippen LogP) is 3.99. The minimum atomic E-state index is -1.08. The SMILES string of the molecule is CCCCCCCCc1ccc(C(=O)O)c(O)c1. The van der Waals surface area contributed by atoms with Gasteiger partial charge in [-0.25, -0.2) is 4.79 Å². The van der Waals surface area contributed by atoms with Crippen LogP contribution in [0.4, 0.5) is 0 Å². The van der Waals surface area contributed by atoms with Crippen molar-refractivity contribution in [2.75, 3.05) is 0 Å². The molecule has 1 rings (SSSR count). The lowest BCUT2D eigenvalue weighted by Gasteiger charge is -2.04. The molecule has 2 N–H and O–H groups in total. The fraction of sp³-hybridized carbons (Fsp3) is 0.533. The van der Waals surface area contributed by atoms with Crippen LogP contribution in [0.1, 0.15) is 61.4 Å². The zero-order chi connectivity index (χ0) is 13.4. The molecule has 0 bridgehead atoms. The number of carbonyl (C=O) groups is 1. The molecule has 0 aromatic heterocycles. The summed E-state index contributed by atoms with van der Waals surface area (Å²) in [5.41, 5.74) is 0.981. The Morgan fingerprint density at radius 2 is 1.78 bits per heavy atom. The van der Waals surface area contributed by atoms with Crippen LogP contribution in [0.2, 0.25) is 0 Å². The summed E-state index contributed by atoms with van der Waals surface area (Å²) in [4.78, 5) is 10.7. The van der Waals surface area contributed by atoms with Crippen molar-refractivity contribution >= 4 is 5.97 Å². The van der Waals surface area contributed by atoms with E-state index in [1.165, 1.54) is 38.2 Å². The van der Waals surface area contributed by atoms with Crippen molar-refractivity contribution in [1.29, 1.82) is 0 Å². The van der Waals surface area contributed by atoms with E-state index in [0.717, 1.165) is 18.4 Å². The number of phenols is 1. The van der Waals surface area contributed by atoms with E-state index < -0.39 is 5.97 Å². The molecule has 100 valence electrons. The highest BCUT2D eigenvalue weighted by atomic mass is 16.4. The van der Waals surface area contributed by atoms with Crippen LogP contribution < -0.4 is 0 Å². The first-order valence-corrected chi connectivity index (χ1v) is 6.70. The van der Waals surface area contributed by atoms with E-state index in [4.69, 9.17) is 5.11 Å². The number of aryl methyl sites for hydroxylation is 1. The van der Waals surface area contributed by atoms with Gasteiger partial charge in [-0.2, -0.15) is 0 Å². The number of benzene rings is 1. The van der Waals surface area contributed by atoms with Crippen molar-refractivity contribution in [3.63, 3.8) is 0 Å². The van der Waals surface area contributed by atoms with Crippen LogP contribution in [0.15, 0.2) is 18.2 Å². The molecule has 0 saturated carbocycles. The summed E-state index contributed by atoms with van der Waals surface area (Å²) >= 11 is 0. The maximum Gasteiger partial charge on any atom is 0.339 e. The number of carboxylic acid groups (broad SMARTS) is 1. The molecule has 0 saturated heterocycles. The molecular formula is C15H22O3. The lowest BCUT2D eigenvalue weighted by atomic mass is 10.0. The van der Waals surface area contributed by atoms with Crippen molar-refractivity contribution < 1.29 is 15.0 Å². The Hall–Kier alpha value is -1.51. The number of hydrogen-bond donors (Lipinski definition) is 2. The van der Waals surface area contributed by atoms with Gasteiger partial charge in [-0.3, -0.25) is 0 Å². The van der Waals surface area contributed by atoms with Crippen LogP contribution in [-0.4, -0.2) is 16.2 Å². The third-order valence-electron chi connectivity index (χ3n) is 3.11. The van der Waals surface area contributed by atoms with E-state index in [9.17, 15) is 9.90 Å². The molecule has 0 unspecified atom stereocenters. The fourth-order valence-corrected chi connectivity index (χ4v) is 2.02. The molecule has 0 aliphatic rings. The molecular weight excluding hydrogens is 228 g/mol. The Kier molecular flexibility index (Phi) is 6.26. The molecule has 3 heteroatoms. The second-order valence-electron chi connectivity index (χ2n) is 4.67. The molecule has 0 spiro atoms. The van der Waals surface area contributed by atoms with Crippen molar-refractivity contribution in [3.05, 3.63) is 29.3 Å². The van der Waals surface area contributed by atoms with Crippen molar-refractivity contribution in [2.45, 2.75) is 51.9 Å². The molecule has 1 aromatic carbocycles. The number of rotatable bonds is 8. The van der Waals surface area contributed by atoms with Gasteiger partial charge in [0.2, 0.25) is 0 Å². The van der Waals surface area contributed by atoms with Gasteiger partial charge in [0.25, 0.3) is 0 Å². The van der Waals surface area contributed by atoms with Crippen LogP contribution in [0.5, 0.6) is 5.75 Å². The summed E-state index contributed by atoms with van der Waals surface area (Å²) in [6.07, 6.45) is 8.29. The topological polar surface area (TPSA) is 57.5 Å². The lowest BCUT2D eigenvalue weighted by molar-refractivity contribution is 0.0693. The second-order valence-corrected chi connectivity index (χ2v) is 4.67. The average molecular weight is 250 g/mol. The molecule has 18 heavy (non-hydrogen) atoms. The standard InChI is InChI=1S/C15H22O3/c1-2-3-4-5-6-7-8-12-9-10-13(15(17)18)14(16)11-12/h9-11,16H,2-8H2,1H3,(H,17,18). The minimum absolute atomic E-state index is 0.0262. The molecule has 0 aliphatic carbocycles. The number of aromatic hydroxyl groups is 1. The third-order valence-corrected chi connectivity index (χ3v) is 3.11. The maximum absolute atomic E-state index is 10.7. The molecule has 0 fully saturated rings. The molecule has 0 aliphatic heterocycles. The van der Waals surface area contributed by atoms with E-state index >= 15 is 0 Å². The Labute approximate surface area is 108 Å². The van der Waals surface area contributed by atoms with E-state index in [1.54, 1.807) is 12.1 Å². The molecule has 1 aromatic rings. The van der Waals surface area contributed by atoms with Gasteiger partial charge in [-0.05, 0) is 30.5 Å². The Bertz CT molecular complexity index is 385. The minimum Gasteiger partial charge on any atom is -0.507 e. The highest BCUT2D eigenvalue weighted by Gasteiger charge is 2.09. The van der Waals surface area contributed by atoms with Gasteiger partial charge in [-0.1, -0.05) is 45.1 Å². The van der Waals surface area contributed by atoms with E-state index in [2.05, 4.69) is 6.92 Å². The molecule has 0 amide bonds. The van der Waals surface area contributed by atoms with E-state index in [-0.39, 0.29) is 11.3 Å². The fourth-order valence-electron chi connectivity index (χ4n) is 2.02. The van der Waals surface area contributed by atoms with Gasteiger partial charge in [0, 0.05) is 0 Å². The monoisotopic (exact) mass is 250 g/mol. The number of carboxylic acids is 1. The second kappa shape index (κ2) is 7.75. The highest BCUT2D eigenvalue weighted by Crippen LogP contribution is 2.20. The number of hydrogen-bond acceptors (Lipinski definition) is 2. The Balaban J connectivity index is 2.35. The molecule has 3 nitrogen and oxygen atoms in total. The summed E-state index contributed by atoms with van der Waals surface area (Å²) in [6, 6.07) is 4.83. The van der Waals surface area contributed by atoms with Gasteiger partial charge in [0.05, 0.1) is 0 Å². The van der Waals surface area contributed by atoms with Crippen LogP contribution >= 0.6 is 0 Å². The summed E-state index contributed by atoms with van der Waals surface area (Å²) in [5.74, 6) is -1.22. The highest BCUT2D eigenvalue weighted by molar-refractivity contribution is 5.90. The smallest absolute Gasteiger partial charge is 0.339 e. The first-order chi connectivity index (χ1) is 8.65. The molecule has 0 radical (unpaired) electrons. The van der Waals surface area contributed by atoms with Gasteiger partial charge < -0.3 is 10.2 Å². The van der Waals surface area contributed by atoms with Gasteiger partial charge in [-0.15, -0.1) is 0 Å².